The maximum atomic E-state index is 12.4. The third-order valence-electron chi connectivity index (χ3n) is 4.14. The molecule has 0 saturated heterocycles. The molecule has 1 aromatic carbocycles. The molecule has 0 aliphatic carbocycles. The summed E-state index contributed by atoms with van der Waals surface area (Å²) in [6.07, 6.45) is 3.42. The zero-order chi connectivity index (χ0) is 19.1. The highest BCUT2D eigenvalue weighted by Crippen LogP contribution is 2.29. The fourth-order valence-corrected chi connectivity index (χ4v) is 4.10. The molecule has 2 N–H and O–H groups in total. The van der Waals surface area contributed by atoms with Gasteiger partial charge in [0.2, 0.25) is 0 Å². The number of thiophene rings is 1. The number of rotatable bonds is 3. The Morgan fingerprint density at radius 1 is 1.33 bits per heavy atom. The molecular formula is C19H12ClN3O3S. The number of hydrogen-bond acceptors (Lipinski definition) is 5. The number of carboxylic acids is 1. The van der Waals surface area contributed by atoms with Crippen LogP contribution in [0.4, 0.5) is 0 Å². The molecule has 3 heterocycles. The van der Waals surface area contributed by atoms with Gasteiger partial charge in [-0.05, 0) is 42.3 Å². The fraction of sp³-hybridized carbons (Fsp3) is 0.0526. The molecular weight excluding hydrogens is 386 g/mol. The summed E-state index contributed by atoms with van der Waals surface area (Å²) in [5, 5.41) is 10.7. The number of benzene rings is 1. The average molecular weight is 398 g/mol. The van der Waals surface area contributed by atoms with Gasteiger partial charge in [-0.3, -0.25) is 9.78 Å². The minimum atomic E-state index is -1.08. The number of carbonyl (C=O) groups is 1. The Balaban J connectivity index is 1.81. The second kappa shape index (κ2) is 6.61. The average Bonchev–Trinajstić information content (AvgIpc) is 2.99. The van der Waals surface area contributed by atoms with Crippen molar-refractivity contribution in [2.24, 2.45) is 0 Å². The van der Waals surface area contributed by atoms with Crippen LogP contribution in [-0.2, 0) is 0 Å². The van der Waals surface area contributed by atoms with Gasteiger partial charge in [-0.2, -0.15) is 0 Å². The summed E-state index contributed by atoms with van der Waals surface area (Å²) < 4.78 is 0. The van der Waals surface area contributed by atoms with Crippen LogP contribution in [0.25, 0.3) is 32.2 Å². The fourth-order valence-electron chi connectivity index (χ4n) is 2.86. The number of pyridine rings is 1. The number of hydrogen-bond donors (Lipinski definition) is 2. The first-order valence-electron chi connectivity index (χ1n) is 7.93. The van der Waals surface area contributed by atoms with E-state index in [1.807, 2.05) is 30.3 Å². The molecule has 0 atom stereocenters. The molecule has 134 valence electrons. The number of H-pyrrole nitrogens is 1. The van der Waals surface area contributed by atoms with E-state index in [0.717, 1.165) is 27.8 Å². The summed E-state index contributed by atoms with van der Waals surface area (Å²) in [5.74, 6) is -0.887. The minimum Gasteiger partial charge on any atom is -0.477 e. The van der Waals surface area contributed by atoms with E-state index in [1.165, 1.54) is 0 Å². The van der Waals surface area contributed by atoms with Gasteiger partial charge >= 0.3 is 5.97 Å². The van der Waals surface area contributed by atoms with Crippen LogP contribution in [0.1, 0.15) is 26.6 Å². The maximum Gasteiger partial charge on any atom is 0.346 e. The molecule has 0 spiro atoms. The molecule has 4 aromatic rings. The van der Waals surface area contributed by atoms with Crippen molar-refractivity contribution in [2.75, 3.05) is 0 Å². The van der Waals surface area contributed by atoms with Crippen molar-refractivity contribution in [3.63, 3.8) is 0 Å². The monoisotopic (exact) mass is 397 g/mol. The van der Waals surface area contributed by atoms with Crippen molar-refractivity contribution in [3.8, 4) is 0 Å². The summed E-state index contributed by atoms with van der Waals surface area (Å²) in [5.41, 5.74) is 1.70. The predicted octanol–water partition coefficient (Wildman–Crippen LogP) is 4.28. The Bertz CT molecular complexity index is 1310. The summed E-state index contributed by atoms with van der Waals surface area (Å²) in [6, 6.07) is 9.48. The Morgan fingerprint density at radius 3 is 2.93 bits per heavy atom. The lowest BCUT2D eigenvalue weighted by molar-refractivity contribution is 0.0701. The van der Waals surface area contributed by atoms with E-state index >= 15 is 0 Å². The summed E-state index contributed by atoms with van der Waals surface area (Å²) in [7, 11) is 0. The Kier molecular flexibility index (Phi) is 4.25. The molecule has 8 heteroatoms. The van der Waals surface area contributed by atoms with Crippen LogP contribution in [0.15, 0.2) is 41.3 Å². The van der Waals surface area contributed by atoms with Gasteiger partial charge in [0.15, 0.2) is 5.82 Å². The van der Waals surface area contributed by atoms with Gasteiger partial charge in [0.05, 0.1) is 15.9 Å². The van der Waals surface area contributed by atoms with Gasteiger partial charge < -0.3 is 10.1 Å². The highest BCUT2D eigenvalue weighted by Gasteiger charge is 2.19. The van der Waals surface area contributed by atoms with Crippen LogP contribution in [0, 0.1) is 6.92 Å². The highest BCUT2D eigenvalue weighted by atomic mass is 35.5. The van der Waals surface area contributed by atoms with Crippen LogP contribution in [0.3, 0.4) is 0 Å². The minimum absolute atomic E-state index is 0.0993. The van der Waals surface area contributed by atoms with Gasteiger partial charge in [-0.25, -0.2) is 9.78 Å². The number of aromatic amines is 1. The number of carboxylic acid groups (broad SMARTS) is 1. The van der Waals surface area contributed by atoms with E-state index in [-0.39, 0.29) is 21.1 Å². The highest BCUT2D eigenvalue weighted by molar-refractivity contribution is 7.20. The van der Waals surface area contributed by atoms with Crippen molar-refractivity contribution in [1.29, 1.82) is 0 Å². The van der Waals surface area contributed by atoms with Crippen LogP contribution < -0.4 is 5.56 Å². The Morgan fingerprint density at radius 2 is 2.15 bits per heavy atom. The van der Waals surface area contributed by atoms with Crippen molar-refractivity contribution >= 4 is 61.1 Å². The maximum absolute atomic E-state index is 12.4. The van der Waals surface area contributed by atoms with E-state index < -0.39 is 11.5 Å². The third kappa shape index (κ3) is 3.11. The number of nitrogens with one attached hydrogen (secondary N) is 1. The zero-order valence-corrected chi connectivity index (χ0v) is 15.6. The zero-order valence-electron chi connectivity index (χ0n) is 14.0. The number of halogens is 1. The van der Waals surface area contributed by atoms with Gasteiger partial charge in [-0.15, -0.1) is 11.3 Å². The lowest BCUT2D eigenvalue weighted by atomic mass is 10.1. The summed E-state index contributed by atoms with van der Waals surface area (Å²) in [4.78, 5) is 35.4. The molecule has 0 aliphatic rings. The number of nitrogens with zero attached hydrogens (tertiary/aromatic N) is 2. The molecule has 0 aliphatic heterocycles. The van der Waals surface area contributed by atoms with Crippen molar-refractivity contribution in [1.82, 2.24) is 15.0 Å². The van der Waals surface area contributed by atoms with Gasteiger partial charge in [0.1, 0.15) is 9.71 Å². The first-order chi connectivity index (χ1) is 12.9. The molecule has 27 heavy (non-hydrogen) atoms. The van der Waals surface area contributed by atoms with Crippen molar-refractivity contribution in [2.45, 2.75) is 6.92 Å². The van der Waals surface area contributed by atoms with E-state index in [9.17, 15) is 14.7 Å². The molecule has 4 rings (SSSR count). The van der Waals surface area contributed by atoms with Crippen LogP contribution in [0.2, 0.25) is 0 Å². The van der Waals surface area contributed by atoms with Gasteiger partial charge in [0, 0.05) is 11.6 Å². The Labute approximate surface area is 161 Å². The van der Waals surface area contributed by atoms with E-state index in [4.69, 9.17) is 11.6 Å². The number of aromatic nitrogens is 3. The SMILES string of the molecule is Cc1c(C(=O)O)sc2nc(C(Cl)=Cc3ccc4ncccc4c3)[nH]c(=O)c12. The molecule has 0 radical (unpaired) electrons. The largest absolute Gasteiger partial charge is 0.477 e. The van der Waals surface area contributed by atoms with Crippen LogP contribution in [-0.4, -0.2) is 26.0 Å². The van der Waals surface area contributed by atoms with E-state index in [1.54, 1.807) is 19.2 Å². The molecule has 0 bridgehead atoms. The smallest absolute Gasteiger partial charge is 0.346 e. The van der Waals surface area contributed by atoms with Gasteiger partial charge in [-0.1, -0.05) is 23.7 Å². The first-order valence-corrected chi connectivity index (χ1v) is 9.12. The molecule has 6 nitrogen and oxygen atoms in total. The quantitative estimate of drug-likeness (QED) is 0.538. The lowest BCUT2D eigenvalue weighted by Crippen LogP contribution is -2.10. The topological polar surface area (TPSA) is 95.9 Å². The van der Waals surface area contributed by atoms with Crippen LogP contribution >= 0.6 is 22.9 Å². The second-order valence-electron chi connectivity index (χ2n) is 5.90. The number of aromatic carboxylic acids is 1. The normalized spacial score (nSPS) is 12.0. The molecule has 0 unspecified atom stereocenters. The van der Waals surface area contributed by atoms with Crippen LogP contribution in [0.5, 0.6) is 0 Å². The molecule has 0 amide bonds. The molecule has 0 saturated carbocycles. The molecule has 3 aromatic heterocycles. The van der Waals surface area contributed by atoms with E-state index in [0.29, 0.717) is 10.4 Å². The second-order valence-corrected chi connectivity index (χ2v) is 7.31. The summed E-state index contributed by atoms with van der Waals surface area (Å²) in [6.45, 7) is 1.60. The first kappa shape index (κ1) is 17.4. The third-order valence-corrected chi connectivity index (χ3v) is 5.60. The van der Waals surface area contributed by atoms with E-state index in [2.05, 4.69) is 15.0 Å². The van der Waals surface area contributed by atoms with Crippen molar-refractivity contribution < 1.29 is 9.90 Å². The van der Waals surface area contributed by atoms with Crippen molar-refractivity contribution in [3.05, 3.63) is 68.7 Å². The standard InChI is InChI=1S/C19H12ClN3O3S/c1-9-14-17(24)22-16(23-18(14)27-15(9)19(25)26)12(20)8-10-4-5-13-11(7-10)3-2-6-21-13/h2-8H,1H3,(H,25,26)(H,22,23,24). The Hall–Kier alpha value is -3.03. The summed E-state index contributed by atoms with van der Waals surface area (Å²) >= 11 is 7.34. The lowest BCUT2D eigenvalue weighted by Gasteiger charge is -2.02. The number of aryl methyl sites for hydroxylation is 1. The molecule has 0 fully saturated rings. The van der Waals surface area contributed by atoms with Gasteiger partial charge in [0.25, 0.3) is 5.56 Å². The number of fused-ring (bicyclic) bond motifs is 2. The predicted molar refractivity (Wildman–Crippen MR) is 107 cm³/mol.